The first kappa shape index (κ1) is 44.2. The number of hydrogen-bond acceptors (Lipinski definition) is 8. The molecule has 1 amide bonds. The molecule has 0 bridgehead atoms. The van der Waals surface area contributed by atoms with Gasteiger partial charge in [0.15, 0.2) is 6.29 Å². The van der Waals surface area contributed by atoms with Gasteiger partial charge in [0.05, 0.1) is 25.4 Å². The minimum Gasteiger partial charge on any atom is -0.394 e. The SMILES string of the molecule is CC/C=C\C/C=C\C/C=C\C/C=C\CCCCCCCCC(=O)NC(COC1OC(CO)C(O)C(O)C1O)C(O)CCCCCCCC. The molecular weight excluding hydrogens is 610 g/mol. The summed E-state index contributed by atoms with van der Waals surface area (Å²) in [6, 6.07) is -0.723. The van der Waals surface area contributed by atoms with E-state index in [9.17, 15) is 30.3 Å². The molecule has 1 fully saturated rings. The molecule has 0 aromatic carbocycles. The Kier molecular flexibility index (Phi) is 27.6. The summed E-state index contributed by atoms with van der Waals surface area (Å²) in [4.78, 5) is 12.8. The molecule has 0 radical (unpaired) electrons. The highest BCUT2D eigenvalue weighted by Crippen LogP contribution is 2.22. The van der Waals surface area contributed by atoms with Gasteiger partial charge in [0.1, 0.15) is 24.4 Å². The molecule has 0 aromatic rings. The van der Waals surface area contributed by atoms with E-state index in [4.69, 9.17) is 9.47 Å². The van der Waals surface area contributed by atoms with Gasteiger partial charge in [0.25, 0.3) is 0 Å². The lowest BCUT2D eigenvalue weighted by Gasteiger charge is -2.40. The Morgan fingerprint density at radius 3 is 1.92 bits per heavy atom. The molecule has 7 atom stereocenters. The van der Waals surface area contributed by atoms with E-state index in [0.717, 1.165) is 83.5 Å². The van der Waals surface area contributed by atoms with Gasteiger partial charge in [-0.25, -0.2) is 0 Å². The van der Waals surface area contributed by atoms with Crippen molar-refractivity contribution in [2.75, 3.05) is 13.2 Å². The molecule has 7 unspecified atom stereocenters. The van der Waals surface area contributed by atoms with Crippen molar-refractivity contribution in [1.29, 1.82) is 0 Å². The molecular formula is C39H69NO8. The number of allylic oxidation sites excluding steroid dienone is 8. The second kappa shape index (κ2) is 30.0. The van der Waals surface area contributed by atoms with Crippen LogP contribution in [0.3, 0.4) is 0 Å². The topological polar surface area (TPSA) is 149 Å². The normalized spacial score (nSPS) is 23.2. The number of unbranched alkanes of at least 4 members (excludes halogenated alkanes) is 11. The average molecular weight is 680 g/mol. The van der Waals surface area contributed by atoms with Crippen LogP contribution in [0.25, 0.3) is 0 Å². The molecule has 0 aromatic heterocycles. The second-order valence-corrected chi connectivity index (χ2v) is 13.0. The Bertz CT molecular complexity index is 889. The van der Waals surface area contributed by atoms with Crippen molar-refractivity contribution in [2.24, 2.45) is 0 Å². The van der Waals surface area contributed by atoms with Crippen molar-refractivity contribution in [3.63, 3.8) is 0 Å². The van der Waals surface area contributed by atoms with Crippen LogP contribution in [0.1, 0.15) is 136 Å². The lowest BCUT2D eigenvalue weighted by molar-refractivity contribution is -0.302. The van der Waals surface area contributed by atoms with Crippen LogP contribution in [-0.4, -0.2) is 87.5 Å². The van der Waals surface area contributed by atoms with Crippen LogP contribution < -0.4 is 5.32 Å². The Morgan fingerprint density at radius 2 is 1.29 bits per heavy atom. The number of carbonyl (C=O) groups excluding carboxylic acids is 1. The zero-order valence-corrected chi connectivity index (χ0v) is 30.0. The van der Waals surface area contributed by atoms with Crippen LogP contribution in [-0.2, 0) is 14.3 Å². The highest BCUT2D eigenvalue weighted by atomic mass is 16.7. The van der Waals surface area contributed by atoms with Crippen molar-refractivity contribution in [3.8, 4) is 0 Å². The summed E-state index contributed by atoms with van der Waals surface area (Å²) >= 11 is 0. The quantitative estimate of drug-likeness (QED) is 0.0397. The maximum Gasteiger partial charge on any atom is 0.220 e. The molecule has 0 spiro atoms. The number of ether oxygens (including phenoxy) is 2. The van der Waals surface area contributed by atoms with E-state index in [2.05, 4.69) is 67.8 Å². The number of hydrogen-bond donors (Lipinski definition) is 6. The Balaban J connectivity index is 2.33. The van der Waals surface area contributed by atoms with E-state index in [1.165, 1.54) is 25.7 Å². The number of amides is 1. The third kappa shape index (κ3) is 21.3. The van der Waals surface area contributed by atoms with Gasteiger partial charge in [-0.1, -0.05) is 127 Å². The summed E-state index contributed by atoms with van der Waals surface area (Å²) in [6.07, 6.45) is 28.6. The van der Waals surface area contributed by atoms with Gasteiger partial charge in [-0.2, -0.15) is 0 Å². The van der Waals surface area contributed by atoms with Gasteiger partial charge < -0.3 is 40.3 Å². The highest BCUT2D eigenvalue weighted by molar-refractivity contribution is 5.76. The summed E-state index contributed by atoms with van der Waals surface area (Å²) in [5.41, 5.74) is 0. The molecule has 1 rings (SSSR count). The van der Waals surface area contributed by atoms with E-state index in [1.54, 1.807) is 0 Å². The number of carbonyl (C=O) groups is 1. The molecule has 6 N–H and O–H groups in total. The van der Waals surface area contributed by atoms with Gasteiger partial charge in [0, 0.05) is 6.42 Å². The average Bonchev–Trinajstić information content (AvgIpc) is 3.08. The van der Waals surface area contributed by atoms with Crippen molar-refractivity contribution in [2.45, 2.75) is 179 Å². The fraction of sp³-hybridized carbons (Fsp3) is 0.769. The standard InChI is InChI=1S/C39H69NO8/c1-3-5-7-9-11-12-13-14-15-16-17-18-19-20-21-22-23-25-27-29-35(43)40-32(33(42)28-26-24-10-8-6-4-2)31-47-39-38(46)37(45)36(44)34(30-41)48-39/h5,7,11-12,14-15,17-18,32-34,36-39,41-42,44-46H,3-4,6,8-10,13,16,19-31H2,1-2H3,(H,40,43)/b7-5-,12-11-,15-14-,18-17-. The summed E-state index contributed by atoms with van der Waals surface area (Å²) in [5, 5.41) is 53.7. The third-order valence-electron chi connectivity index (χ3n) is 8.70. The zero-order valence-electron chi connectivity index (χ0n) is 30.0. The van der Waals surface area contributed by atoms with E-state index in [0.29, 0.717) is 12.8 Å². The second-order valence-electron chi connectivity index (χ2n) is 13.0. The largest absolute Gasteiger partial charge is 0.394 e. The van der Waals surface area contributed by atoms with Crippen molar-refractivity contribution >= 4 is 5.91 Å². The van der Waals surface area contributed by atoms with Crippen LogP contribution in [0.2, 0.25) is 0 Å². The van der Waals surface area contributed by atoms with E-state index in [-0.39, 0.29) is 12.5 Å². The summed E-state index contributed by atoms with van der Waals surface area (Å²) < 4.78 is 11.1. The van der Waals surface area contributed by atoms with Crippen LogP contribution >= 0.6 is 0 Å². The Hall–Kier alpha value is -1.85. The lowest BCUT2D eigenvalue weighted by Crippen LogP contribution is -2.60. The number of aliphatic hydroxyl groups excluding tert-OH is 5. The molecule has 1 heterocycles. The van der Waals surface area contributed by atoms with Crippen molar-refractivity contribution in [1.82, 2.24) is 5.32 Å². The molecule has 1 aliphatic heterocycles. The maximum atomic E-state index is 12.8. The van der Waals surface area contributed by atoms with Crippen molar-refractivity contribution in [3.05, 3.63) is 48.6 Å². The fourth-order valence-corrected chi connectivity index (χ4v) is 5.62. The summed E-state index contributed by atoms with van der Waals surface area (Å²) in [7, 11) is 0. The van der Waals surface area contributed by atoms with Gasteiger partial charge in [-0.05, 0) is 51.4 Å². The van der Waals surface area contributed by atoms with Gasteiger partial charge >= 0.3 is 0 Å². The van der Waals surface area contributed by atoms with Crippen LogP contribution in [0.4, 0.5) is 0 Å². The van der Waals surface area contributed by atoms with E-state index >= 15 is 0 Å². The number of rotatable bonds is 29. The smallest absolute Gasteiger partial charge is 0.220 e. The number of aliphatic hydroxyl groups is 5. The zero-order chi connectivity index (χ0) is 35.2. The maximum absolute atomic E-state index is 12.8. The van der Waals surface area contributed by atoms with Crippen LogP contribution in [0, 0.1) is 0 Å². The van der Waals surface area contributed by atoms with Gasteiger partial charge in [-0.3, -0.25) is 4.79 Å². The predicted molar refractivity (Wildman–Crippen MR) is 193 cm³/mol. The van der Waals surface area contributed by atoms with E-state index < -0.39 is 49.5 Å². The monoisotopic (exact) mass is 680 g/mol. The lowest BCUT2D eigenvalue weighted by atomic mass is 9.99. The molecule has 9 heteroatoms. The minimum absolute atomic E-state index is 0.148. The third-order valence-corrected chi connectivity index (χ3v) is 8.70. The predicted octanol–water partition coefficient (Wildman–Crippen LogP) is 6.33. The molecule has 1 saturated heterocycles. The van der Waals surface area contributed by atoms with Gasteiger partial charge in [-0.15, -0.1) is 0 Å². The molecule has 0 saturated carbocycles. The van der Waals surface area contributed by atoms with Crippen LogP contribution in [0.15, 0.2) is 48.6 Å². The Labute approximate surface area is 291 Å². The van der Waals surface area contributed by atoms with Crippen molar-refractivity contribution < 1.29 is 39.8 Å². The molecule has 278 valence electrons. The molecule has 9 nitrogen and oxygen atoms in total. The highest BCUT2D eigenvalue weighted by Gasteiger charge is 2.44. The van der Waals surface area contributed by atoms with E-state index in [1.807, 2.05) is 0 Å². The number of nitrogens with one attached hydrogen (secondary N) is 1. The summed E-state index contributed by atoms with van der Waals surface area (Å²) in [5.74, 6) is -0.168. The fourth-order valence-electron chi connectivity index (χ4n) is 5.62. The first-order chi connectivity index (χ1) is 23.3. The molecule has 0 aliphatic carbocycles. The Morgan fingerprint density at radius 1 is 0.729 bits per heavy atom. The van der Waals surface area contributed by atoms with Crippen LogP contribution in [0.5, 0.6) is 0 Å². The molecule has 48 heavy (non-hydrogen) atoms. The molecule has 1 aliphatic rings. The van der Waals surface area contributed by atoms with Gasteiger partial charge in [0.2, 0.25) is 5.91 Å². The summed E-state index contributed by atoms with van der Waals surface area (Å²) in [6.45, 7) is 3.61. The minimum atomic E-state index is -1.55. The first-order valence-electron chi connectivity index (χ1n) is 18.8. The first-order valence-corrected chi connectivity index (χ1v) is 18.8.